The van der Waals surface area contributed by atoms with Gasteiger partial charge in [0, 0.05) is 4.90 Å². The molecule has 1 unspecified atom stereocenters. The molecule has 1 heterocycles. The number of ether oxygens (including phenoxy) is 2. The van der Waals surface area contributed by atoms with E-state index in [2.05, 4.69) is 0 Å². The number of hydrogen-bond acceptors (Lipinski definition) is 5. The van der Waals surface area contributed by atoms with Crippen LogP contribution in [0, 0.1) is 0 Å². The molecular formula is C14H17NO4S. The standard InChI is InChI=1S/C14H17NO4S/c1-3-19-14(17)9-15-12(16)8-13(15)20-11-6-4-10(18-2)5-7-11/h4-7,13H,3,8-9H2,1-2H3. The van der Waals surface area contributed by atoms with Crippen molar-refractivity contribution in [3.05, 3.63) is 24.3 Å². The third kappa shape index (κ3) is 3.45. The van der Waals surface area contributed by atoms with Crippen LogP contribution in [0.2, 0.25) is 0 Å². The van der Waals surface area contributed by atoms with E-state index < -0.39 is 0 Å². The topological polar surface area (TPSA) is 55.8 Å². The van der Waals surface area contributed by atoms with Crippen LogP contribution in [0.5, 0.6) is 5.75 Å². The molecule has 6 heteroatoms. The highest BCUT2D eigenvalue weighted by atomic mass is 32.2. The van der Waals surface area contributed by atoms with Crippen molar-refractivity contribution in [3.8, 4) is 5.75 Å². The van der Waals surface area contributed by atoms with Crippen molar-refractivity contribution in [2.45, 2.75) is 23.6 Å². The largest absolute Gasteiger partial charge is 0.497 e. The molecule has 1 amide bonds. The number of amides is 1. The van der Waals surface area contributed by atoms with E-state index in [1.54, 1.807) is 30.7 Å². The molecule has 1 aromatic carbocycles. The Balaban J connectivity index is 1.91. The number of likely N-dealkylation sites (tertiary alicyclic amines) is 1. The lowest BCUT2D eigenvalue weighted by Gasteiger charge is -2.39. The predicted molar refractivity (Wildman–Crippen MR) is 75.6 cm³/mol. The second-order valence-electron chi connectivity index (χ2n) is 4.28. The summed E-state index contributed by atoms with van der Waals surface area (Å²) in [4.78, 5) is 25.6. The van der Waals surface area contributed by atoms with Crippen LogP contribution in [0.25, 0.3) is 0 Å². The molecule has 108 valence electrons. The fourth-order valence-corrected chi connectivity index (χ4v) is 3.03. The Morgan fingerprint density at radius 1 is 1.40 bits per heavy atom. The van der Waals surface area contributed by atoms with Crippen molar-refractivity contribution in [2.24, 2.45) is 0 Å². The zero-order valence-electron chi connectivity index (χ0n) is 11.5. The minimum atomic E-state index is -0.360. The normalized spacial score (nSPS) is 17.6. The Morgan fingerprint density at radius 3 is 2.65 bits per heavy atom. The smallest absolute Gasteiger partial charge is 0.325 e. The molecule has 0 N–H and O–H groups in total. The Labute approximate surface area is 122 Å². The van der Waals surface area contributed by atoms with Gasteiger partial charge in [-0.2, -0.15) is 0 Å². The van der Waals surface area contributed by atoms with Crippen LogP contribution < -0.4 is 4.74 Å². The van der Waals surface area contributed by atoms with Gasteiger partial charge in [-0.15, -0.1) is 11.8 Å². The van der Waals surface area contributed by atoms with Gasteiger partial charge in [0.1, 0.15) is 12.3 Å². The third-order valence-corrected chi connectivity index (χ3v) is 4.19. The van der Waals surface area contributed by atoms with E-state index in [1.165, 1.54) is 0 Å². The van der Waals surface area contributed by atoms with Crippen molar-refractivity contribution in [3.63, 3.8) is 0 Å². The molecule has 1 aliphatic rings. The van der Waals surface area contributed by atoms with Gasteiger partial charge in [0.25, 0.3) is 0 Å². The average Bonchev–Trinajstić information content (AvgIpc) is 2.45. The molecule has 2 rings (SSSR count). The Bertz CT molecular complexity index is 488. The van der Waals surface area contributed by atoms with E-state index in [9.17, 15) is 9.59 Å². The maximum absolute atomic E-state index is 11.6. The van der Waals surface area contributed by atoms with Crippen LogP contribution >= 0.6 is 11.8 Å². The van der Waals surface area contributed by atoms with Crippen LogP contribution in [0.15, 0.2) is 29.2 Å². The first-order chi connectivity index (χ1) is 9.63. The van der Waals surface area contributed by atoms with Crippen LogP contribution in [0.4, 0.5) is 0 Å². The van der Waals surface area contributed by atoms with Crippen molar-refractivity contribution in [1.29, 1.82) is 0 Å². The Hall–Kier alpha value is -1.69. The van der Waals surface area contributed by atoms with Gasteiger partial charge in [0.15, 0.2) is 0 Å². The van der Waals surface area contributed by atoms with E-state index in [-0.39, 0.29) is 23.8 Å². The summed E-state index contributed by atoms with van der Waals surface area (Å²) < 4.78 is 9.96. The lowest BCUT2D eigenvalue weighted by molar-refractivity contribution is -0.154. The summed E-state index contributed by atoms with van der Waals surface area (Å²) in [5, 5.41) is 0.000279. The molecule has 1 saturated heterocycles. The highest BCUT2D eigenvalue weighted by molar-refractivity contribution is 8.00. The fourth-order valence-electron chi connectivity index (χ4n) is 1.88. The molecular weight excluding hydrogens is 278 g/mol. The molecule has 1 aromatic rings. The highest BCUT2D eigenvalue weighted by Gasteiger charge is 2.38. The summed E-state index contributed by atoms with van der Waals surface area (Å²) in [5.41, 5.74) is 0. The van der Waals surface area contributed by atoms with E-state index in [1.807, 2.05) is 24.3 Å². The minimum Gasteiger partial charge on any atom is -0.497 e. The van der Waals surface area contributed by atoms with Crippen LogP contribution in [-0.4, -0.2) is 42.4 Å². The van der Waals surface area contributed by atoms with Crippen molar-refractivity contribution in [1.82, 2.24) is 4.90 Å². The number of carbonyl (C=O) groups excluding carboxylic acids is 2. The first kappa shape index (κ1) is 14.7. The lowest BCUT2D eigenvalue weighted by Crippen LogP contribution is -2.52. The van der Waals surface area contributed by atoms with Gasteiger partial charge < -0.3 is 14.4 Å². The monoisotopic (exact) mass is 295 g/mol. The van der Waals surface area contributed by atoms with Gasteiger partial charge in [-0.3, -0.25) is 9.59 Å². The molecule has 0 radical (unpaired) electrons. The molecule has 0 saturated carbocycles. The summed E-state index contributed by atoms with van der Waals surface area (Å²) in [6.07, 6.45) is 0.454. The summed E-state index contributed by atoms with van der Waals surface area (Å²) >= 11 is 1.56. The van der Waals surface area contributed by atoms with E-state index in [0.29, 0.717) is 13.0 Å². The van der Waals surface area contributed by atoms with Gasteiger partial charge >= 0.3 is 5.97 Å². The second kappa shape index (κ2) is 6.65. The minimum absolute atomic E-state index is 0.000279. The number of β-lactam (4-membered cyclic amide) rings is 1. The van der Waals surface area contributed by atoms with E-state index >= 15 is 0 Å². The van der Waals surface area contributed by atoms with Gasteiger partial charge in [-0.1, -0.05) is 0 Å². The van der Waals surface area contributed by atoms with Crippen molar-refractivity contribution >= 4 is 23.6 Å². The SMILES string of the molecule is CCOC(=O)CN1C(=O)CC1Sc1ccc(OC)cc1. The molecule has 1 atom stereocenters. The zero-order valence-corrected chi connectivity index (χ0v) is 12.3. The maximum Gasteiger partial charge on any atom is 0.325 e. The molecule has 0 spiro atoms. The Kier molecular flexibility index (Phi) is 4.89. The number of rotatable bonds is 6. The molecule has 1 fully saturated rings. The lowest BCUT2D eigenvalue weighted by atomic mass is 10.2. The predicted octanol–water partition coefficient (Wildman–Crippen LogP) is 1.91. The van der Waals surface area contributed by atoms with Crippen molar-refractivity contribution in [2.75, 3.05) is 20.3 Å². The van der Waals surface area contributed by atoms with Crippen molar-refractivity contribution < 1.29 is 19.1 Å². The molecule has 0 aromatic heterocycles. The molecule has 5 nitrogen and oxygen atoms in total. The summed E-state index contributed by atoms with van der Waals surface area (Å²) in [5.74, 6) is 0.423. The van der Waals surface area contributed by atoms with Crippen LogP contribution in [0.3, 0.4) is 0 Å². The number of nitrogens with zero attached hydrogens (tertiary/aromatic N) is 1. The number of thioether (sulfide) groups is 1. The van der Waals surface area contributed by atoms with E-state index in [0.717, 1.165) is 10.6 Å². The van der Waals surface area contributed by atoms with Gasteiger partial charge in [0.2, 0.25) is 5.91 Å². The first-order valence-corrected chi connectivity index (χ1v) is 7.27. The summed E-state index contributed by atoms with van der Waals surface area (Å²) in [6.45, 7) is 2.11. The second-order valence-corrected chi connectivity index (χ2v) is 5.53. The van der Waals surface area contributed by atoms with Crippen LogP contribution in [0.1, 0.15) is 13.3 Å². The first-order valence-electron chi connectivity index (χ1n) is 6.40. The number of carbonyl (C=O) groups is 2. The third-order valence-electron chi connectivity index (χ3n) is 2.95. The number of hydrogen-bond donors (Lipinski definition) is 0. The van der Waals surface area contributed by atoms with Gasteiger partial charge in [0.05, 0.1) is 25.5 Å². The highest BCUT2D eigenvalue weighted by Crippen LogP contribution is 2.35. The van der Waals surface area contributed by atoms with Crippen LogP contribution in [-0.2, 0) is 14.3 Å². The Morgan fingerprint density at radius 2 is 2.10 bits per heavy atom. The molecule has 0 aliphatic carbocycles. The molecule has 1 aliphatic heterocycles. The average molecular weight is 295 g/mol. The number of esters is 1. The summed E-state index contributed by atoms with van der Waals surface area (Å²) in [6, 6.07) is 7.63. The quantitative estimate of drug-likeness (QED) is 0.593. The van der Waals surface area contributed by atoms with Gasteiger partial charge in [-0.05, 0) is 31.2 Å². The van der Waals surface area contributed by atoms with E-state index in [4.69, 9.17) is 9.47 Å². The number of benzene rings is 1. The van der Waals surface area contributed by atoms with Gasteiger partial charge in [-0.25, -0.2) is 0 Å². The maximum atomic E-state index is 11.6. The number of methoxy groups -OCH3 is 1. The zero-order chi connectivity index (χ0) is 14.5. The fraction of sp³-hybridized carbons (Fsp3) is 0.429. The molecule has 20 heavy (non-hydrogen) atoms. The summed E-state index contributed by atoms with van der Waals surface area (Å²) in [7, 11) is 1.62. The molecule has 0 bridgehead atoms.